The third-order valence-electron chi connectivity index (χ3n) is 2.92. The van der Waals surface area contributed by atoms with Gasteiger partial charge in [0.2, 0.25) is 11.8 Å². The first-order valence-electron chi connectivity index (χ1n) is 5.81. The van der Waals surface area contributed by atoms with Crippen LogP contribution in [-0.4, -0.2) is 36.1 Å². The second-order valence-corrected chi connectivity index (χ2v) is 4.24. The van der Waals surface area contributed by atoms with Crippen LogP contribution in [0.4, 0.5) is 0 Å². The van der Waals surface area contributed by atoms with Crippen molar-refractivity contribution in [2.24, 2.45) is 5.92 Å². The largest absolute Gasteiger partial charge is 0.395 e. The Bertz CT molecular complexity index is 250. The molecule has 0 aromatic carbocycles. The zero-order valence-corrected chi connectivity index (χ0v) is 9.66. The maximum atomic E-state index is 11.8. The molecule has 0 radical (unpaired) electrons. The summed E-state index contributed by atoms with van der Waals surface area (Å²) in [5, 5.41) is 14.0. The Morgan fingerprint density at radius 1 is 1.38 bits per heavy atom. The van der Waals surface area contributed by atoms with Gasteiger partial charge < -0.3 is 15.7 Å². The van der Waals surface area contributed by atoms with Crippen LogP contribution in [0, 0.1) is 5.92 Å². The predicted molar refractivity (Wildman–Crippen MR) is 59.7 cm³/mol. The van der Waals surface area contributed by atoms with Gasteiger partial charge in [-0.2, -0.15) is 0 Å². The van der Waals surface area contributed by atoms with Crippen molar-refractivity contribution in [1.82, 2.24) is 10.6 Å². The van der Waals surface area contributed by atoms with Gasteiger partial charge in [-0.15, -0.1) is 0 Å². The highest BCUT2D eigenvalue weighted by atomic mass is 16.3. The fourth-order valence-electron chi connectivity index (χ4n) is 2.20. The highest BCUT2D eigenvalue weighted by molar-refractivity contribution is 5.87. The lowest BCUT2D eigenvalue weighted by atomic mass is 9.97. The summed E-state index contributed by atoms with van der Waals surface area (Å²) in [6.45, 7) is 1.58. The summed E-state index contributed by atoms with van der Waals surface area (Å²) in [5.74, 6) is -0.130. The molecular weight excluding hydrogens is 208 g/mol. The zero-order valence-electron chi connectivity index (χ0n) is 9.66. The summed E-state index contributed by atoms with van der Waals surface area (Å²) in [4.78, 5) is 22.8. The monoisotopic (exact) mass is 228 g/mol. The maximum absolute atomic E-state index is 11.8. The fourth-order valence-corrected chi connectivity index (χ4v) is 2.20. The third kappa shape index (κ3) is 3.81. The highest BCUT2D eigenvalue weighted by Gasteiger charge is 2.30. The van der Waals surface area contributed by atoms with Gasteiger partial charge >= 0.3 is 0 Å². The summed E-state index contributed by atoms with van der Waals surface area (Å²) >= 11 is 0. The van der Waals surface area contributed by atoms with Crippen LogP contribution in [0.25, 0.3) is 0 Å². The first kappa shape index (κ1) is 13.0. The van der Waals surface area contributed by atoms with Crippen LogP contribution in [0.1, 0.15) is 32.6 Å². The minimum atomic E-state index is -0.438. The van der Waals surface area contributed by atoms with E-state index in [1.807, 2.05) is 0 Å². The Labute approximate surface area is 95.6 Å². The quantitative estimate of drug-likeness (QED) is 0.609. The Hall–Kier alpha value is -1.10. The number of amides is 2. The van der Waals surface area contributed by atoms with Crippen molar-refractivity contribution in [1.29, 1.82) is 0 Å². The van der Waals surface area contributed by atoms with E-state index in [9.17, 15) is 9.59 Å². The molecule has 5 heteroatoms. The van der Waals surface area contributed by atoms with Crippen molar-refractivity contribution in [2.75, 3.05) is 13.2 Å². The number of aliphatic hydroxyl groups excluding tert-OH is 1. The molecule has 1 aliphatic rings. The van der Waals surface area contributed by atoms with Crippen molar-refractivity contribution < 1.29 is 14.7 Å². The molecule has 5 nitrogen and oxygen atoms in total. The molecule has 16 heavy (non-hydrogen) atoms. The van der Waals surface area contributed by atoms with Gasteiger partial charge in [0.25, 0.3) is 0 Å². The first-order chi connectivity index (χ1) is 7.65. The van der Waals surface area contributed by atoms with E-state index >= 15 is 0 Å². The summed E-state index contributed by atoms with van der Waals surface area (Å²) < 4.78 is 0. The van der Waals surface area contributed by atoms with E-state index in [1.165, 1.54) is 6.92 Å². The van der Waals surface area contributed by atoms with Gasteiger partial charge in [0.15, 0.2) is 0 Å². The molecule has 0 aromatic rings. The maximum Gasteiger partial charge on any atom is 0.242 e. The van der Waals surface area contributed by atoms with Crippen molar-refractivity contribution in [3.05, 3.63) is 0 Å². The number of nitrogens with one attached hydrogen (secondary N) is 2. The molecule has 92 valence electrons. The molecule has 2 amide bonds. The zero-order chi connectivity index (χ0) is 12.0. The number of carbonyl (C=O) groups excluding carboxylic acids is 2. The van der Waals surface area contributed by atoms with E-state index in [0.29, 0.717) is 0 Å². The van der Waals surface area contributed by atoms with Crippen molar-refractivity contribution in [3.63, 3.8) is 0 Å². The van der Waals surface area contributed by atoms with E-state index in [4.69, 9.17) is 5.11 Å². The van der Waals surface area contributed by atoms with E-state index in [0.717, 1.165) is 25.7 Å². The second-order valence-electron chi connectivity index (χ2n) is 4.24. The molecule has 0 aliphatic heterocycles. The number of carbonyl (C=O) groups is 2. The SMILES string of the molecule is CC(=O)NC(C(=O)NCCO)C1CCCC1. The summed E-state index contributed by atoms with van der Waals surface area (Å²) in [6, 6.07) is -0.438. The summed E-state index contributed by atoms with van der Waals surface area (Å²) in [5.41, 5.74) is 0. The predicted octanol–water partition coefficient (Wildman–Crippen LogP) is -0.210. The van der Waals surface area contributed by atoms with Crippen molar-refractivity contribution in [3.8, 4) is 0 Å². The van der Waals surface area contributed by atoms with Crippen LogP contribution < -0.4 is 10.6 Å². The first-order valence-corrected chi connectivity index (χ1v) is 5.81. The lowest BCUT2D eigenvalue weighted by molar-refractivity contribution is -0.129. The molecule has 0 spiro atoms. The molecule has 1 aliphatic carbocycles. The van der Waals surface area contributed by atoms with Gasteiger partial charge in [-0.1, -0.05) is 12.8 Å². The van der Waals surface area contributed by atoms with Gasteiger partial charge in [-0.05, 0) is 18.8 Å². The number of aliphatic hydroxyl groups is 1. The third-order valence-corrected chi connectivity index (χ3v) is 2.92. The van der Waals surface area contributed by atoms with E-state index in [1.54, 1.807) is 0 Å². The minimum Gasteiger partial charge on any atom is -0.395 e. The van der Waals surface area contributed by atoms with Gasteiger partial charge in [0.1, 0.15) is 6.04 Å². The van der Waals surface area contributed by atoms with E-state index < -0.39 is 6.04 Å². The standard InChI is InChI=1S/C11H20N2O3/c1-8(15)13-10(9-4-2-3-5-9)11(16)12-6-7-14/h9-10,14H,2-7H2,1H3,(H,12,16)(H,13,15). The van der Waals surface area contributed by atoms with E-state index in [-0.39, 0.29) is 30.9 Å². The van der Waals surface area contributed by atoms with Crippen molar-refractivity contribution >= 4 is 11.8 Å². The molecule has 1 rings (SSSR count). The Morgan fingerprint density at radius 3 is 2.50 bits per heavy atom. The van der Waals surface area contributed by atoms with Gasteiger partial charge in [0, 0.05) is 13.5 Å². The molecule has 1 unspecified atom stereocenters. The number of rotatable bonds is 5. The van der Waals surface area contributed by atoms with Crippen LogP contribution in [0.5, 0.6) is 0 Å². The number of hydrogen-bond donors (Lipinski definition) is 3. The molecule has 1 fully saturated rings. The molecule has 0 bridgehead atoms. The molecule has 0 heterocycles. The molecule has 3 N–H and O–H groups in total. The van der Waals surface area contributed by atoms with Crippen LogP contribution in [0.2, 0.25) is 0 Å². The van der Waals surface area contributed by atoms with Gasteiger partial charge in [-0.25, -0.2) is 0 Å². The van der Waals surface area contributed by atoms with Crippen LogP contribution >= 0.6 is 0 Å². The van der Waals surface area contributed by atoms with Crippen LogP contribution in [0.3, 0.4) is 0 Å². The Balaban J connectivity index is 2.54. The summed E-state index contributed by atoms with van der Waals surface area (Å²) in [7, 11) is 0. The van der Waals surface area contributed by atoms with Crippen LogP contribution in [0.15, 0.2) is 0 Å². The summed E-state index contributed by atoms with van der Waals surface area (Å²) in [6.07, 6.45) is 4.21. The molecular formula is C11H20N2O3. The highest BCUT2D eigenvalue weighted by Crippen LogP contribution is 2.27. The second kappa shape index (κ2) is 6.48. The molecule has 1 saturated carbocycles. The lowest BCUT2D eigenvalue weighted by Gasteiger charge is -2.23. The molecule has 1 atom stereocenters. The van der Waals surface area contributed by atoms with Crippen LogP contribution in [-0.2, 0) is 9.59 Å². The number of hydrogen-bond acceptors (Lipinski definition) is 3. The fraction of sp³-hybridized carbons (Fsp3) is 0.818. The average Bonchev–Trinajstić information content (AvgIpc) is 2.75. The normalized spacial score (nSPS) is 18.1. The smallest absolute Gasteiger partial charge is 0.242 e. The molecule has 0 saturated heterocycles. The van der Waals surface area contributed by atoms with Gasteiger partial charge in [0.05, 0.1) is 6.61 Å². The average molecular weight is 228 g/mol. The topological polar surface area (TPSA) is 78.4 Å². The van der Waals surface area contributed by atoms with Crippen molar-refractivity contribution in [2.45, 2.75) is 38.6 Å². The Morgan fingerprint density at radius 2 is 2.00 bits per heavy atom. The minimum absolute atomic E-state index is 0.0802. The Kier molecular flexibility index (Phi) is 5.25. The molecule has 0 aromatic heterocycles. The van der Waals surface area contributed by atoms with Gasteiger partial charge in [-0.3, -0.25) is 9.59 Å². The van der Waals surface area contributed by atoms with E-state index in [2.05, 4.69) is 10.6 Å². The lowest BCUT2D eigenvalue weighted by Crippen LogP contribution is -2.50.